The van der Waals surface area contributed by atoms with Gasteiger partial charge in [0.1, 0.15) is 6.54 Å². The molecule has 6 heteroatoms. The van der Waals surface area contributed by atoms with Crippen molar-refractivity contribution < 1.29 is 18.1 Å². The predicted molar refractivity (Wildman–Crippen MR) is 102 cm³/mol. The molecule has 2 aromatic carbocycles. The molecule has 2 aromatic rings. The molecule has 0 saturated carbocycles. The van der Waals surface area contributed by atoms with Gasteiger partial charge < -0.3 is 9.80 Å². The third kappa shape index (κ3) is 5.16. The second kappa shape index (κ2) is 8.01. The highest BCUT2D eigenvalue weighted by molar-refractivity contribution is 7.89. The van der Waals surface area contributed by atoms with E-state index in [-0.39, 0.29) is 11.7 Å². The molecule has 0 bridgehead atoms. The molecule has 0 spiro atoms. The minimum Gasteiger partial charge on any atom is -0.328 e. The SMILES string of the molecule is CS(=O)(=O)Cc1ccc(C(=O)N2CC[NH+](Cc3ccccc3)CC2)cc1. The highest BCUT2D eigenvalue weighted by atomic mass is 32.2. The fourth-order valence-electron chi connectivity index (χ4n) is 3.32. The van der Waals surface area contributed by atoms with E-state index in [9.17, 15) is 13.2 Å². The van der Waals surface area contributed by atoms with Crippen LogP contribution in [0.25, 0.3) is 0 Å². The maximum atomic E-state index is 12.7. The van der Waals surface area contributed by atoms with Gasteiger partial charge in [-0.1, -0.05) is 42.5 Å². The van der Waals surface area contributed by atoms with Crippen molar-refractivity contribution in [3.8, 4) is 0 Å². The van der Waals surface area contributed by atoms with Crippen molar-refractivity contribution in [2.24, 2.45) is 0 Å². The van der Waals surface area contributed by atoms with Crippen molar-refractivity contribution >= 4 is 15.7 Å². The van der Waals surface area contributed by atoms with E-state index in [4.69, 9.17) is 0 Å². The summed E-state index contributed by atoms with van der Waals surface area (Å²) in [5.74, 6) is 0.0258. The molecule has 138 valence electrons. The number of carbonyl (C=O) groups is 1. The van der Waals surface area contributed by atoms with E-state index in [0.29, 0.717) is 11.1 Å². The average molecular weight is 373 g/mol. The van der Waals surface area contributed by atoms with Gasteiger partial charge in [0.25, 0.3) is 5.91 Å². The molecule has 0 unspecified atom stereocenters. The molecule has 0 aromatic heterocycles. The van der Waals surface area contributed by atoms with Gasteiger partial charge in [0.05, 0.1) is 31.9 Å². The van der Waals surface area contributed by atoms with Crippen LogP contribution < -0.4 is 4.90 Å². The number of piperazine rings is 1. The quantitative estimate of drug-likeness (QED) is 0.842. The van der Waals surface area contributed by atoms with Gasteiger partial charge in [-0.2, -0.15) is 0 Å². The molecule has 0 atom stereocenters. The zero-order valence-corrected chi connectivity index (χ0v) is 15.8. The lowest BCUT2D eigenvalue weighted by Gasteiger charge is -2.32. The fraction of sp³-hybridized carbons (Fsp3) is 0.350. The first-order valence-corrected chi connectivity index (χ1v) is 10.9. The van der Waals surface area contributed by atoms with Crippen molar-refractivity contribution in [3.05, 3.63) is 71.3 Å². The summed E-state index contributed by atoms with van der Waals surface area (Å²) in [6.45, 7) is 4.35. The van der Waals surface area contributed by atoms with Gasteiger partial charge in [-0.25, -0.2) is 8.42 Å². The second-order valence-corrected chi connectivity index (χ2v) is 9.11. The Morgan fingerprint density at radius 1 is 0.962 bits per heavy atom. The molecule has 3 rings (SSSR count). The zero-order chi connectivity index (χ0) is 18.6. The van der Waals surface area contributed by atoms with Gasteiger partial charge in [0.15, 0.2) is 9.84 Å². The van der Waals surface area contributed by atoms with Crippen molar-refractivity contribution in [1.82, 2.24) is 4.90 Å². The second-order valence-electron chi connectivity index (χ2n) is 6.97. The molecule has 1 amide bonds. The molecule has 1 fully saturated rings. The van der Waals surface area contributed by atoms with Crippen LogP contribution in [0.15, 0.2) is 54.6 Å². The van der Waals surface area contributed by atoms with Gasteiger partial charge in [0, 0.05) is 17.4 Å². The summed E-state index contributed by atoms with van der Waals surface area (Å²) in [5, 5.41) is 0. The molecular weight excluding hydrogens is 348 g/mol. The van der Waals surface area contributed by atoms with E-state index < -0.39 is 9.84 Å². The van der Waals surface area contributed by atoms with Crippen LogP contribution in [-0.2, 0) is 22.1 Å². The third-order valence-corrected chi connectivity index (χ3v) is 5.54. The molecule has 1 N–H and O–H groups in total. The average Bonchev–Trinajstić information content (AvgIpc) is 2.62. The molecule has 1 aliphatic rings. The monoisotopic (exact) mass is 373 g/mol. The van der Waals surface area contributed by atoms with Crippen LogP contribution in [0.3, 0.4) is 0 Å². The van der Waals surface area contributed by atoms with E-state index in [1.807, 2.05) is 11.0 Å². The van der Waals surface area contributed by atoms with E-state index in [1.54, 1.807) is 24.3 Å². The van der Waals surface area contributed by atoms with Crippen LogP contribution >= 0.6 is 0 Å². The Labute approximate surface area is 155 Å². The number of nitrogens with zero attached hydrogens (tertiary/aromatic N) is 1. The summed E-state index contributed by atoms with van der Waals surface area (Å²) < 4.78 is 22.7. The van der Waals surface area contributed by atoms with Gasteiger partial charge in [-0.3, -0.25) is 4.79 Å². The first kappa shape index (κ1) is 18.6. The van der Waals surface area contributed by atoms with E-state index in [2.05, 4.69) is 24.3 Å². The van der Waals surface area contributed by atoms with Crippen molar-refractivity contribution in [2.45, 2.75) is 12.3 Å². The number of rotatable bonds is 5. The van der Waals surface area contributed by atoms with Gasteiger partial charge in [-0.05, 0) is 17.7 Å². The summed E-state index contributed by atoms with van der Waals surface area (Å²) in [5.41, 5.74) is 2.65. The predicted octanol–water partition coefficient (Wildman–Crippen LogP) is 0.772. The Morgan fingerprint density at radius 2 is 1.58 bits per heavy atom. The van der Waals surface area contributed by atoms with Crippen molar-refractivity contribution in [1.29, 1.82) is 0 Å². The van der Waals surface area contributed by atoms with Crippen LogP contribution in [0.4, 0.5) is 0 Å². The fourth-order valence-corrected chi connectivity index (χ4v) is 4.11. The van der Waals surface area contributed by atoms with Gasteiger partial charge in [-0.15, -0.1) is 0 Å². The molecule has 1 aliphatic heterocycles. The minimum atomic E-state index is -3.06. The largest absolute Gasteiger partial charge is 0.328 e. The van der Waals surface area contributed by atoms with Crippen LogP contribution in [0.5, 0.6) is 0 Å². The minimum absolute atomic E-state index is 0.00297. The van der Waals surface area contributed by atoms with Gasteiger partial charge in [0.2, 0.25) is 0 Å². The summed E-state index contributed by atoms with van der Waals surface area (Å²) >= 11 is 0. The number of carbonyl (C=O) groups excluding carboxylic acids is 1. The Balaban J connectivity index is 1.55. The lowest BCUT2D eigenvalue weighted by Crippen LogP contribution is -3.13. The smallest absolute Gasteiger partial charge is 0.254 e. The highest BCUT2D eigenvalue weighted by Gasteiger charge is 2.24. The normalized spacial score (nSPS) is 15.8. The zero-order valence-electron chi connectivity index (χ0n) is 15.0. The lowest BCUT2D eigenvalue weighted by atomic mass is 10.1. The summed E-state index contributed by atoms with van der Waals surface area (Å²) in [7, 11) is -3.06. The highest BCUT2D eigenvalue weighted by Crippen LogP contribution is 2.10. The van der Waals surface area contributed by atoms with E-state index >= 15 is 0 Å². The van der Waals surface area contributed by atoms with Gasteiger partial charge >= 0.3 is 0 Å². The molecular formula is C20H25N2O3S+. The molecule has 0 aliphatic carbocycles. The van der Waals surface area contributed by atoms with E-state index in [1.165, 1.54) is 16.7 Å². The Kier molecular flexibility index (Phi) is 5.74. The van der Waals surface area contributed by atoms with Crippen LogP contribution in [0, 0.1) is 0 Å². The number of hydrogen-bond donors (Lipinski definition) is 1. The Morgan fingerprint density at radius 3 is 2.15 bits per heavy atom. The number of nitrogens with one attached hydrogen (secondary N) is 1. The Bertz CT molecular complexity index is 840. The summed E-state index contributed by atoms with van der Waals surface area (Å²) in [6.07, 6.45) is 1.21. The first-order valence-electron chi connectivity index (χ1n) is 8.84. The number of amides is 1. The maximum Gasteiger partial charge on any atom is 0.254 e. The summed E-state index contributed by atoms with van der Waals surface area (Å²) in [4.78, 5) is 16.0. The Hall–Kier alpha value is -2.18. The molecule has 1 saturated heterocycles. The maximum absolute atomic E-state index is 12.7. The number of sulfone groups is 1. The number of benzene rings is 2. The lowest BCUT2D eigenvalue weighted by molar-refractivity contribution is -0.917. The molecule has 1 heterocycles. The molecule has 5 nitrogen and oxygen atoms in total. The van der Waals surface area contributed by atoms with Crippen LogP contribution in [-0.4, -0.2) is 51.7 Å². The number of quaternary nitrogens is 1. The van der Waals surface area contributed by atoms with Crippen LogP contribution in [0.2, 0.25) is 0 Å². The molecule has 26 heavy (non-hydrogen) atoms. The van der Waals surface area contributed by atoms with E-state index in [0.717, 1.165) is 32.7 Å². The topological polar surface area (TPSA) is 58.9 Å². The van der Waals surface area contributed by atoms with Crippen molar-refractivity contribution in [2.75, 3.05) is 32.4 Å². The van der Waals surface area contributed by atoms with Crippen molar-refractivity contribution in [3.63, 3.8) is 0 Å². The standard InChI is InChI=1S/C20H24N2O3S/c1-26(24,25)16-18-7-9-19(10-8-18)20(23)22-13-11-21(12-14-22)15-17-5-3-2-4-6-17/h2-10H,11-16H2,1H3/p+1. The molecule has 0 radical (unpaired) electrons. The first-order chi connectivity index (χ1) is 12.4. The number of hydrogen-bond acceptors (Lipinski definition) is 3. The summed E-state index contributed by atoms with van der Waals surface area (Å²) in [6, 6.07) is 17.3. The third-order valence-electron chi connectivity index (χ3n) is 4.68. The van der Waals surface area contributed by atoms with Crippen LogP contribution in [0.1, 0.15) is 21.5 Å².